The first-order chi connectivity index (χ1) is 4.84. The van der Waals surface area contributed by atoms with E-state index in [1.54, 1.807) is 6.08 Å². The van der Waals surface area contributed by atoms with Gasteiger partial charge in [-0.05, 0) is 19.3 Å². The molecule has 0 spiro atoms. The van der Waals surface area contributed by atoms with Crippen molar-refractivity contribution in [2.24, 2.45) is 5.73 Å². The number of rotatable bonds is 3. The number of hydrogen-bond donors (Lipinski definition) is 1. The first-order valence-corrected chi connectivity index (χ1v) is 3.82. The van der Waals surface area contributed by atoms with E-state index >= 15 is 0 Å². The highest BCUT2D eigenvalue weighted by Gasteiger charge is 2.23. The largest absolute Gasteiger partial charge is 0.373 e. The van der Waals surface area contributed by atoms with Crippen molar-refractivity contribution in [2.45, 2.75) is 31.4 Å². The molecular weight excluding hydrogens is 126 g/mol. The molecule has 0 radical (unpaired) electrons. The summed E-state index contributed by atoms with van der Waals surface area (Å²) in [4.78, 5) is 0. The Kier molecular flexibility index (Phi) is 2.90. The molecule has 1 aliphatic rings. The lowest BCUT2D eigenvalue weighted by molar-refractivity contribution is 0.0687. The third-order valence-corrected chi connectivity index (χ3v) is 1.93. The molecule has 2 nitrogen and oxygen atoms in total. The zero-order valence-corrected chi connectivity index (χ0v) is 6.25. The fraction of sp³-hybridized carbons (Fsp3) is 0.750. The van der Waals surface area contributed by atoms with Gasteiger partial charge in [0.05, 0.1) is 12.7 Å². The predicted octanol–water partition coefficient (Wildman–Crippen LogP) is 1.07. The molecule has 0 aromatic carbocycles. The highest BCUT2D eigenvalue weighted by Crippen LogP contribution is 2.19. The molecular formula is C8H15NO. The van der Waals surface area contributed by atoms with Crippen LogP contribution in [0.25, 0.3) is 0 Å². The Labute approximate surface area is 62.1 Å². The maximum absolute atomic E-state index is 5.76. The quantitative estimate of drug-likeness (QED) is 0.597. The second-order valence-corrected chi connectivity index (χ2v) is 2.76. The lowest BCUT2D eigenvalue weighted by atomic mass is 10.2. The summed E-state index contributed by atoms with van der Waals surface area (Å²) in [5.74, 6) is 0. The summed E-state index contributed by atoms with van der Waals surface area (Å²) in [5.41, 5.74) is 5.76. The van der Waals surface area contributed by atoms with E-state index in [0.29, 0.717) is 6.61 Å². The molecule has 1 saturated carbocycles. The van der Waals surface area contributed by atoms with Crippen LogP contribution in [0, 0.1) is 0 Å². The highest BCUT2D eigenvalue weighted by molar-refractivity contribution is 4.81. The normalized spacial score (nSPS) is 32.5. The fourth-order valence-corrected chi connectivity index (χ4v) is 1.35. The first-order valence-electron chi connectivity index (χ1n) is 3.82. The molecule has 0 aromatic heterocycles. The zero-order chi connectivity index (χ0) is 7.40. The number of nitrogens with two attached hydrogens (primary N) is 1. The predicted molar refractivity (Wildman–Crippen MR) is 41.8 cm³/mol. The lowest BCUT2D eigenvalue weighted by Crippen LogP contribution is -2.31. The molecule has 2 atom stereocenters. The van der Waals surface area contributed by atoms with Gasteiger partial charge in [0.2, 0.25) is 0 Å². The van der Waals surface area contributed by atoms with Gasteiger partial charge >= 0.3 is 0 Å². The van der Waals surface area contributed by atoms with E-state index in [0.717, 1.165) is 12.8 Å². The van der Waals surface area contributed by atoms with Crippen LogP contribution in [0.4, 0.5) is 0 Å². The van der Waals surface area contributed by atoms with Crippen LogP contribution in [0.15, 0.2) is 12.7 Å². The topological polar surface area (TPSA) is 35.2 Å². The van der Waals surface area contributed by atoms with E-state index in [1.807, 2.05) is 0 Å². The summed E-state index contributed by atoms with van der Waals surface area (Å²) in [7, 11) is 0. The van der Waals surface area contributed by atoms with Gasteiger partial charge in [-0.1, -0.05) is 6.08 Å². The second-order valence-electron chi connectivity index (χ2n) is 2.76. The lowest BCUT2D eigenvalue weighted by Gasteiger charge is -2.14. The zero-order valence-electron chi connectivity index (χ0n) is 6.25. The molecule has 0 bridgehead atoms. The smallest absolute Gasteiger partial charge is 0.0730 e. The van der Waals surface area contributed by atoms with E-state index in [4.69, 9.17) is 10.5 Å². The molecule has 0 amide bonds. The molecule has 0 aromatic rings. The van der Waals surface area contributed by atoms with Gasteiger partial charge < -0.3 is 10.5 Å². The first kappa shape index (κ1) is 7.76. The van der Waals surface area contributed by atoms with E-state index < -0.39 is 0 Å². The summed E-state index contributed by atoms with van der Waals surface area (Å²) in [6.45, 7) is 4.22. The van der Waals surface area contributed by atoms with Crippen LogP contribution >= 0.6 is 0 Å². The molecule has 0 heterocycles. The SMILES string of the molecule is C=CCOC1CCCC1N. The van der Waals surface area contributed by atoms with E-state index in [2.05, 4.69) is 6.58 Å². The van der Waals surface area contributed by atoms with E-state index in [9.17, 15) is 0 Å². The minimum absolute atomic E-state index is 0.264. The summed E-state index contributed by atoms with van der Waals surface area (Å²) in [6, 6.07) is 0.264. The van der Waals surface area contributed by atoms with Crippen LogP contribution in [-0.2, 0) is 4.74 Å². The maximum atomic E-state index is 5.76. The standard InChI is InChI=1S/C8H15NO/c1-2-6-10-8-5-3-4-7(8)9/h2,7-8H,1,3-6,9H2. The van der Waals surface area contributed by atoms with Crippen LogP contribution in [-0.4, -0.2) is 18.8 Å². The van der Waals surface area contributed by atoms with Crippen molar-refractivity contribution in [3.63, 3.8) is 0 Å². The van der Waals surface area contributed by atoms with Gasteiger partial charge in [0, 0.05) is 6.04 Å². The molecule has 10 heavy (non-hydrogen) atoms. The third kappa shape index (κ3) is 1.82. The molecule has 2 heteroatoms. The maximum Gasteiger partial charge on any atom is 0.0730 e. The minimum Gasteiger partial charge on any atom is -0.373 e. The van der Waals surface area contributed by atoms with Crippen LogP contribution in [0.5, 0.6) is 0 Å². The third-order valence-electron chi connectivity index (χ3n) is 1.93. The van der Waals surface area contributed by atoms with Crippen molar-refractivity contribution >= 4 is 0 Å². The molecule has 1 fully saturated rings. The number of hydrogen-bond acceptors (Lipinski definition) is 2. The van der Waals surface area contributed by atoms with Gasteiger partial charge in [0.15, 0.2) is 0 Å². The second kappa shape index (κ2) is 3.74. The highest BCUT2D eigenvalue weighted by atomic mass is 16.5. The van der Waals surface area contributed by atoms with Crippen molar-refractivity contribution in [2.75, 3.05) is 6.61 Å². The molecule has 0 saturated heterocycles. The van der Waals surface area contributed by atoms with Crippen LogP contribution in [0.1, 0.15) is 19.3 Å². The van der Waals surface area contributed by atoms with Crippen molar-refractivity contribution in [3.05, 3.63) is 12.7 Å². The van der Waals surface area contributed by atoms with E-state index in [-0.39, 0.29) is 12.1 Å². The molecule has 2 unspecified atom stereocenters. The Bertz CT molecular complexity index is 114. The fourth-order valence-electron chi connectivity index (χ4n) is 1.35. The minimum atomic E-state index is 0.264. The molecule has 2 N–H and O–H groups in total. The molecule has 58 valence electrons. The van der Waals surface area contributed by atoms with Crippen molar-refractivity contribution in [1.29, 1.82) is 0 Å². The Morgan fingerprint density at radius 2 is 2.40 bits per heavy atom. The van der Waals surface area contributed by atoms with E-state index in [1.165, 1.54) is 6.42 Å². The van der Waals surface area contributed by atoms with Gasteiger partial charge in [0.25, 0.3) is 0 Å². The van der Waals surface area contributed by atoms with Crippen molar-refractivity contribution < 1.29 is 4.74 Å². The Hall–Kier alpha value is -0.340. The van der Waals surface area contributed by atoms with Crippen LogP contribution < -0.4 is 5.73 Å². The number of ether oxygens (including phenoxy) is 1. The summed E-state index contributed by atoms with van der Waals surface area (Å²) in [6.07, 6.45) is 5.50. The van der Waals surface area contributed by atoms with Crippen molar-refractivity contribution in [1.82, 2.24) is 0 Å². The van der Waals surface area contributed by atoms with Gasteiger partial charge in [0.1, 0.15) is 0 Å². The monoisotopic (exact) mass is 141 g/mol. The van der Waals surface area contributed by atoms with Gasteiger partial charge in [-0.15, -0.1) is 6.58 Å². The van der Waals surface area contributed by atoms with Gasteiger partial charge in [-0.25, -0.2) is 0 Å². The summed E-state index contributed by atoms with van der Waals surface area (Å²) >= 11 is 0. The average Bonchev–Trinajstić information content (AvgIpc) is 2.31. The molecule has 1 aliphatic carbocycles. The van der Waals surface area contributed by atoms with Gasteiger partial charge in [-0.3, -0.25) is 0 Å². The molecule has 1 rings (SSSR count). The summed E-state index contributed by atoms with van der Waals surface area (Å²) in [5, 5.41) is 0. The van der Waals surface area contributed by atoms with Crippen LogP contribution in [0.3, 0.4) is 0 Å². The van der Waals surface area contributed by atoms with Gasteiger partial charge in [-0.2, -0.15) is 0 Å². The van der Waals surface area contributed by atoms with Crippen LogP contribution in [0.2, 0.25) is 0 Å². The molecule has 0 aliphatic heterocycles. The van der Waals surface area contributed by atoms with Crippen molar-refractivity contribution in [3.8, 4) is 0 Å². The Morgan fingerprint density at radius 3 is 2.90 bits per heavy atom. The summed E-state index contributed by atoms with van der Waals surface area (Å²) < 4.78 is 5.42. The Morgan fingerprint density at radius 1 is 1.60 bits per heavy atom. The average molecular weight is 141 g/mol. The Balaban J connectivity index is 2.19.